The number of benzene rings is 1. The predicted octanol–water partition coefficient (Wildman–Crippen LogP) is 3.64. The first kappa shape index (κ1) is 11.6. The fourth-order valence-electron chi connectivity index (χ4n) is 1.33. The molecule has 1 nitrogen and oxygen atoms in total. The second-order valence-corrected chi connectivity index (χ2v) is 5.57. The van der Waals surface area contributed by atoms with Gasteiger partial charge in [-0.05, 0) is 28.6 Å². The Morgan fingerprint density at radius 3 is 2.81 bits per heavy atom. The van der Waals surface area contributed by atoms with Gasteiger partial charge < -0.3 is 5.73 Å². The van der Waals surface area contributed by atoms with Gasteiger partial charge in [-0.2, -0.15) is 0 Å². The zero-order valence-electron chi connectivity index (χ0n) is 8.65. The highest BCUT2D eigenvalue weighted by Crippen LogP contribution is 2.27. The molecule has 0 spiro atoms. The van der Waals surface area contributed by atoms with Crippen LogP contribution in [0.15, 0.2) is 39.9 Å². The number of halogens is 1. The summed E-state index contributed by atoms with van der Waals surface area (Å²) in [6.45, 7) is 0.384. The van der Waals surface area contributed by atoms with Gasteiger partial charge in [-0.15, -0.1) is 23.1 Å². The molecule has 0 aliphatic heterocycles. The van der Waals surface area contributed by atoms with E-state index in [0.29, 0.717) is 12.3 Å². The van der Waals surface area contributed by atoms with Crippen LogP contribution in [0.1, 0.15) is 11.1 Å². The van der Waals surface area contributed by atoms with Gasteiger partial charge in [0.1, 0.15) is 5.82 Å². The third-order valence-electron chi connectivity index (χ3n) is 2.22. The quantitative estimate of drug-likeness (QED) is 0.842. The van der Waals surface area contributed by atoms with Gasteiger partial charge in [-0.25, -0.2) is 4.39 Å². The zero-order chi connectivity index (χ0) is 11.4. The van der Waals surface area contributed by atoms with Gasteiger partial charge in [-0.3, -0.25) is 0 Å². The second-order valence-electron chi connectivity index (χ2n) is 3.35. The van der Waals surface area contributed by atoms with Crippen LogP contribution in [0.4, 0.5) is 4.39 Å². The molecule has 0 unspecified atom stereocenters. The molecule has 0 aliphatic carbocycles. The molecule has 2 N–H and O–H groups in total. The molecule has 0 atom stereocenters. The first-order chi connectivity index (χ1) is 7.79. The second kappa shape index (κ2) is 5.48. The van der Waals surface area contributed by atoms with Crippen molar-refractivity contribution < 1.29 is 4.39 Å². The van der Waals surface area contributed by atoms with E-state index in [0.717, 1.165) is 11.1 Å². The van der Waals surface area contributed by atoms with Crippen LogP contribution in [0.2, 0.25) is 0 Å². The Balaban J connectivity index is 2.04. The van der Waals surface area contributed by atoms with Crippen molar-refractivity contribution in [3.8, 4) is 0 Å². The molecular formula is C12H12FNS2. The van der Waals surface area contributed by atoms with Gasteiger partial charge >= 0.3 is 0 Å². The number of thiophene rings is 1. The van der Waals surface area contributed by atoms with E-state index >= 15 is 0 Å². The van der Waals surface area contributed by atoms with Crippen molar-refractivity contribution >= 4 is 23.1 Å². The maximum Gasteiger partial charge on any atom is 0.127 e. The number of hydrogen-bond donors (Lipinski definition) is 1. The normalized spacial score (nSPS) is 10.6. The fourth-order valence-corrected chi connectivity index (χ4v) is 3.10. The molecule has 0 amide bonds. The summed E-state index contributed by atoms with van der Waals surface area (Å²) in [6.07, 6.45) is 0. The van der Waals surface area contributed by atoms with E-state index in [9.17, 15) is 4.39 Å². The Kier molecular flexibility index (Phi) is 3.98. The van der Waals surface area contributed by atoms with Crippen molar-refractivity contribution in [3.63, 3.8) is 0 Å². The lowest BCUT2D eigenvalue weighted by molar-refractivity contribution is 0.615. The number of rotatable bonds is 4. The Hall–Kier alpha value is -0.840. The van der Waals surface area contributed by atoms with E-state index in [2.05, 4.69) is 0 Å². The van der Waals surface area contributed by atoms with Gasteiger partial charge in [0.05, 0.1) is 4.21 Å². The van der Waals surface area contributed by atoms with Crippen molar-refractivity contribution in [2.24, 2.45) is 5.73 Å². The summed E-state index contributed by atoms with van der Waals surface area (Å²) in [5.74, 6) is 0.504. The third-order valence-corrected chi connectivity index (χ3v) is 4.40. The van der Waals surface area contributed by atoms with E-state index in [1.54, 1.807) is 23.1 Å². The van der Waals surface area contributed by atoms with Crippen molar-refractivity contribution in [2.75, 3.05) is 0 Å². The molecule has 2 rings (SSSR count). The van der Waals surface area contributed by atoms with Crippen LogP contribution >= 0.6 is 23.1 Å². The Labute approximate surface area is 102 Å². The summed E-state index contributed by atoms with van der Waals surface area (Å²) in [4.78, 5) is 0. The molecule has 1 aromatic heterocycles. The summed E-state index contributed by atoms with van der Waals surface area (Å²) in [5, 5.41) is 2.02. The van der Waals surface area contributed by atoms with Crippen LogP contribution in [-0.4, -0.2) is 0 Å². The molecule has 0 aliphatic rings. The minimum absolute atomic E-state index is 0.160. The molecule has 1 aromatic carbocycles. The van der Waals surface area contributed by atoms with Crippen LogP contribution < -0.4 is 5.73 Å². The smallest absolute Gasteiger partial charge is 0.127 e. The van der Waals surface area contributed by atoms with Gasteiger partial charge in [0.2, 0.25) is 0 Å². The molecule has 16 heavy (non-hydrogen) atoms. The Bertz CT molecular complexity index is 454. The molecule has 0 saturated heterocycles. The van der Waals surface area contributed by atoms with E-state index in [1.807, 2.05) is 29.6 Å². The summed E-state index contributed by atoms with van der Waals surface area (Å²) < 4.78 is 14.8. The average molecular weight is 253 g/mol. The third kappa shape index (κ3) is 2.84. The average Bonchev–Trinajstić information content (AvgIpc) is 2.80. The van der Waals surface area contributed by atoms with Crippen molar-refractivity contribution in [2.45, 2.75) is 16.5 Å². The Morgan fingerprint density at radius 2 is 2.19 bits per heavy atom. The summed E-state index contributed by atoms with van der Waals surface area (Å²) in [5.41, 5.74) is 7.02. The van der Waals surface area contributed by atoms with Gasteiger partial charge in [0.25, 0.3) is 0 Å². The molecule has 84 valence electrons. The maximum atomic E-state index is 13.6. The lowest BCUT2D eigenvalue weighted by Gasteiger charge is -2.04. The fraction of sp³-hybridized carbons (Fsp3) is 0.167. The first-order valence-corrected chi connectivity index (χ1v) is 6.80. The van der Waals surface area contributed by atoms with Crippen LogP contribution in [-0.2, 0) is 12.3 Å². The van der Waals surface area contributed by atoms with E-state index in [-0.39, 0.29) is 5.82 Å². The van der Waals surface area contributed by atoms with Crippen LogP contribution in [0.5, 0.6) is 0 Å². The number of thioether (sulfide) groups is 1. The lowest BCUT2D eigenvalue weighted by Crippen LogP contribution is -1.98. The van der Waals surface area contributed by atoms with Gasteiger partial charge in [-0.1, -0.05) is 18.2 Å². The summed E-state index contributed by atoms with van der Waals surface area (Å²) in [7, 11) is 0. The predicted molar refractivity (Wildman–Crippen MR) is 68.2 cm³/mol. The topological polar surface area (TPSA) is 26.0 Å². The molecule has 2 aromatic rings. The Morgan fingerprint density at radius 1 is 1.31 bits per heavy atom. The molecule has 1 heterocycles. The summed E-state index contributed by atoms with van der Waals surface area (Å²) >= 11 is 3.33. The number of hydrogen-bond acceptors (Lipinski definition) is 3. The van der Waals surface area contributed by atoms with Gasteiger partial charge in [0, 0.05) is 12.3 Å². The molecule has 0 radical (unpaired) electrons. The highest BCUT2D eigenvalue weighted by Gasteiger charge is 2.04. The van der Waals surface area contributed by atoms with E-state index in [4.69, 9.17) is 5.73 Å². The van der Waals surface area contributed by atoms with Crippen molar-refractivity contribution in [3.05, 3.63) is 52.7 Å². The monoisotopic (exact) mass is 253 g/mol. The minimum atomic E-state index is -0.160. The lowest BCUT2D eigenvalue weighted by atomic mass is 10.1. The molecular weight excluding hydrogens is 241 g/mol. The first-order valence-electron chi connectivity index (χ1n) is 4.93. The van der Waals surface area contributed by atoms with E-state index in [1.165, 1.54) is 10.3 Å². The minimum Gasteiger partial charge on any atom is -0.326 e. The van der Waals surface area contributed by atoms with Crippen LogP contribution in [0.25, 0.3) is 0 Å². The van der Waals surface area contributed by atoms with Gasteiger partial charge in [0.15, 0.2) is 0 Å². The van der Waals surface area contributed by atoms with Crippen LogP contribution in [0, 0.1) is 5.82 Å². The van der Waals surface area contributed by atoms with Crippen molar-refractivity contribution in [1.82, 2.24) is 0 Å². The summed E-state index contributed by atoms with van der Waals surface area (Å²) in [6, 6.07) is 9.26. The molecule has 0 fully saturated rings. The maximum absolute atomic E-state index is 13.6. The van der Waals surface area contributed by atoms with Crippen LogP contribution in [0.3, 0.4) is 0 Å². The van der Waals surface area contributed by atoms with Crippen molar-refractivity contribution in [1.29, 1.82) is 0 Å². The standard InChI is InChI=1S/C12H12FNS2/c13-11-6-9(7-14)3-4-10(11)8-16-12-2-1-5-15-12/h1-6H,7-8,14H2. The largest absolute Gasteiger partial charge is 0.326 e. The zero-order valence-corrected chi connectivity index (χ0v) is 10.3. The molecule has 0 bridgehead atoms. The molecule has 4 heteroatoms. The highest BCUT2D eigenvalue weighted by atomic mass is 32.2. The number of nitrogens with two attached hydrogens (primary N) is 1. The highest BCUT2D eigenvalue weighted by molar-refractivity contribution is 8.00. The molecule has 0 saturated carbocycles. The SMILES string of the molecule is NCc1ccc(CSc2cccs2)c(F)c1. The van der Waals surface area contributed by atoms with E-state index < -0.39 is 0 Å².